The third-order valence-corrected chi connectivity index (χ3v) is 6.41. The number of hydrogen-bond donors (Lipinski definition) is 1. The second-order valence-corrected chi connectivity index (χ2v) is 8.68. The molecule has 1 N–H and O–H groups in total. The Hall–Kier alpha value is -1.87. The minimum atomic E-state index is -3.72. The molecule has 3 rings (SSSR count). The standard InChI is InChI=1S/C20H29N3O4S/c1-4-27-19-8-7-16(2)14-20(19)28(24,25)21-15-18(17-6-5-9-22(17)3)23-10-12-26-13-11-23/h5-9,14,18,21H,4,10-13,15H2,1-3H3. The molecule has 0 spiro atoms. The Morgan fingerprint density at radius 1 is 1.25 bits per heavy atom. The van der Waals surface area contributed by atoms with Crippen molar-refractivity contribution in [1.82, 2.24) is 14.2 Å². The molecular weight excluding hydrogens is 378 g/mol. The minimum Gasteiger partial charge on any atom is -0.492 e. The maximum atomic E-state index is 13.1. The Morgan fingerprint density at radius 3 is 2.64 bits per heavy atom. The van der Waals surface area contributed by atoms with E-state index < -0.39 is 10.0 Å². The molecule has 1 saturated heterocycles. The van der Waals surface area contributed by atoms with Gasteiger partial charge in [0.25, 0.3) is 0 Å². The van der Waals surface area contributed by atoms with E-state index in [1.165, 1.54) is 0 Å². The van der Waals surface area contributed by atoms with Gasteiger partial charge in [-0.05, 0) is 43.7 Å². The van der Waals surface area contributed by atoms with Crippen LogP contribution in [0.15, 0.2) is 41.4 Å². The second-order valence-electron chi connectivity index (χ2n) is 6.94. The number of aryl methyl sites for hydroxylation is 2. The smallest absolute Gasteiger partial charge is 0.244 e. The minimum absolute atomic E-state index is 0.0703. The molecule has 1 unspecified atom stereocenters. The summed E-state index contributed by atoms with van der Waals surface area (Å²) in [6.07, 6.45) is 1.98. The highest BCUT2D eigenvalue weighted by Crippen LogP contribution is 2.27. The van der Waals surface area contributed by atoms with Gasteiger partial charge >= 0.3 is 0 Å². The molecule has 0 radical (unpaired) electrons. The highest BCUT2D eigenvalue weighted by atomic mass is 32.2. The Balaban J connectivity index is 1.84. The number of sulfonamides is 1. The van der Waals surface area contributed by atoms with Crippen molar-refractivity contribution in [2.45, 2.75) is 24.8 Å². The Bertz CT molecular complexity index is 889. The predicted molar refractivity (Wildman–Crippen MR) is 108 cm³/mol. The predicted octanol–water partition coefficient (Wildman–Crippen LogP) is 2.08. The first-order chi connectivity index (χ1) is 13.4. The lowest BCUT2D eigenvalue weighted by Crippen LogP contribution is -2.44. The fourth-order valence-electron chi connectivity index (χ4n) is 3.50. The van der Waals surface area contributed by atoms with Gasteiger partial charge in [0.15, 0.2) is 0 Å². The molecule has 1 aromatic carbocycles. The van der Waals surface area contributed by atoms with Crippen LogP contribution in [0.3, 0.4) is 0 Å². The normalized spacial score (nSPS) is 16.8. The van der Waals surface area contributed by atoms with Crippen LogP contribution in [0.1, 0.15) is 24.2 Å². The first-order valence-electron chi connectivity index (χ1n) is 9.58. The zero-order chi connectivity index (χ0) is 20.1. The fourth-order valence-corrected chi connectivity index (χ4v) is 4.76. The van der Waals surface area contributed by atoms with E-state index in [0.29, 0.717) is 25.6 Å². The van der Waals surface area contributed by atoms with Crippen LogP contribution in [-0.2, 0) is 21.8 Å². The fraction of sp³-hybridized carbons (Fsp3) is 0.500. The van der Waals surface area contributed by atoms with Gasteiger partial charge in [0, 0.05) is 38.6 Å². The van der Waals surface area contributed by atoms with Crippen molar-refractivity contribution in [2.75, 3.05) is 39.5 Å². The molecule has 28 heavy (non-hydrogen) atoms. The van der Waals surface area contributed by atoms with Gasteiger partial charge < -0.3 is 14.0 Å². The number of morpholine rings is 1. The highest BCUT2D eigenvalue weighted by molar-refractivity contribution is 7.89. The van der Waals surface area contributed by atoms with Crippen molar-refractivity contribution in [3.63, 3.8) is 0 Å². The van der Waals surface area contributed by atoms with E-state index in [0.717, 1.165) is 24.3 Å². The van der Waals surface area contributed by atoms with Crippen LogP contribution in [0, 0.1) is 6.92 Å². The second kappa shape index (κ2) is 9.09. The monoisotopic (exact) mass is 407 g/mol. The highest BCUT2D eigenvalue weighted by Gasteiger charge is 2.27. The van der Waals surface area contributed by atoms with Crippen molar-refractivity contribution >= 4 is 10.0 Å². The molecular formula is C20H29N3O4S. The lowest BCUT2D eigenvalue weighted by molar-refractivity contribution is 0.0158. The maximum Gasteiger partial charge on any atom is 0.244 e. The van der Waals surface area contributed by atoms with Crippen LogP contribution in [0.4, 0.5) is 0 Å². The Morgan fingerprint density at radius 2 is 2.00 bits per heavy atom. The zero-order valence-corrected chi connectivity index (χ0v) is 17.5. The zero-order valence-electron chi connectivity index (χ0n) is 16.7. The third kappa shape index (κ3) is 4.75. The first-order valence-corrected chi connectivity index (χ1v) is 11.1. The summed E-state index contributed by atoms with van der Waals surface area (Å²) in [7, 11) is -1.74. The van der Waals surface area contributed by atoms with Gasteiger partial charge in [0.2, 0.25) is 10.0 Å². The molecule has 0 aliphatic carbocycles. The van der Waals surface area contributed by atoms with Gasteiger partial charge in [-0.1, -0.05) is 6.07 Å². The first kappa shape index (κ1) is 20.9. The summed E-state index contributed by atoms with van der Waals surface area (Å²) in [6.45, 7) is 7.24. The third-order valence-electron chi connectivity index (χ3n) is 4.97. The van der Waals surface area contributed by atoms with Gasteiger partial charge in [-0.25, -0.2) is 13.1 Å². The van der Waals surface area contributed by atoms with Crippen molar-refractivity contribution in [3.05, 3.63) is 47.8 Å². The van der Waals surface area contributed by atoms with Gasteiger partial charge in [0.1, 0.15) is 10.6 Å². The van der Waals surface area contributed by atoms with Gasteiger partial charge in [0.05, 0.1) is 25.9 Å². The molecule has 1 aliphatic rings. The van der Waals surface area contributed by atoms with Gasteiger partial charge in [-0.3, -0.25) is 4.90 Å². The SMILES string of the molecule is CCOc1ccc(C)cc1S(=O)(=O)NCC(c1cccn1C)N1CCOCC1. The molecule has 8 heteroatoms. The molecule has 0 bridgehead atoms. The van der Waals surface area contributed by atoms with Crippen LogP contribution in [0.2, 0.25) is 0 Å². The van der Waals surface area contributed by atoms with Gasteiger partial charge in [-0.2, -0.15) is 0 Å². The molecule has 1 aliphatic heterocycles. The van der Waals surface area contributed by atoms with E-state index >= 15 is 0 Å². The topological polar surface area (TPSA) is 72.8 Å². The molecule has 154 valence electrons. The lowest BCUT2D eigenvalue weighted by Gasteiger charge is -2.35. The molecule has 0 saturated carbocycles. The summed E-state index contributed by atoms with van der Waals surface area (Å²) >= 11 is 0. The van der Waals surface area contributed by atoms with Crippen molar-refractivity contribution < 1.29 is 17.9 Å². The number of hydrogen-bond acceptors (Lipinski definition) is 5. The molecule has 2 aromatic rings. The lowest BCUT2D eigenvalue weighted by atomic mass is 10.1. The number of ether oxygens (including phenoxy) is 2. The summed E-state index contributed by atoms with van der Waals surface area (Å²) in [5.41, 5.74) is 1.94. The number of rotatable bonds is 8. The molecule has 1 aromatic heterocycles. The van der Waals surface area contributed by atoms with Crippen molar-refractivity contribution in [3.8, 4) is 5.75 Å². The maximum absolute atomic E-state index is 13.1. The van der Waals surface area contributed by atoms with Crippen LogP contribution in [-0.4, -0.2) is 57.3 Å². The van der Waals surface area contributed by atoms with Crippen LogP contribution >= 0.6 is 0 Å². The number of nitrogens with zero attached hydrogens (tertiary/aromatic N) is 2. The van der Waals surface area contributed by atoms with E-state index in [1.807, 2.05) is 49.9 Å². The van der Waals surface area contributed by atoms with E-state index in [9.17, 15) is 8.42 Å². The molecule has 1 fully saturated rings. The largest absolute Gasteiger partial charge is 0.492 e. The van der Waals surface area contributed by atoms with Crippen molar-refractivity contribution in [1.29, 1.82) is 0 Å². The summed E-state index contributed by atoms with van der Waals surface area (Å²) < 4.78 is 42.0. The number of benzene rings is 1. The average Bonchev–Trinajstić information content (AvgIpc) is 3.10. The quantitative estimate of drug-likeness (QED) is 0.725. The van der Waals surface area contributed by atoms with E-state index in [-0.39, 0.29) is 17.5 Å². The molecule has 2 heterocycles. The van der Waals surface area contributed by atoms with Crippen LogP contribution in [0.5, 0.6) is 5.75 Å². The Labute approximate surface area is 167 Å². The molecule has 0 amide bonds. The van der Waals surface area contributed by atoms with E-state index in [1.54, 1.807) is 12.1 Å². The van der Waals surface area contributed by atoms with Crippen molar-refractivity contribution in [2.24, 2.45) is 7.05 Å². The Kier molecular flexibility index (Phi) is 6.77. The number of nitrogens with one attached hydrogen (secondary N) is 1. The summed E-state index contributed by atoms with van der Waals surface area (Å²) in [6, 6.07) is 9.16. The summed E-state index contributed by atoms with van der Waals surface area (Å²) in [5, 5.41) is 0. The van der Waals surface area contributed by atoms with Crippen LogP contribution < -0.4 is 9.46 Å². The summed E-state index contributed by atoms with van der Waals surface area (Å²) in [5.74, 6) is 0.377. The van der Waals surface area contributed by atoms with Gasteiger partial charge in [-0.15, -0.1) is 0 Å². The molecule has 7 nitrogen and oxygen atoms in total. The van der Waals surface area contributed by atoms with Crippen LogP contribution in [0.25, 0.3) is 0 Å². The van der Waals surface area contributed by atoms with E-state index in [4.69, 9.17) is 9.47 Å². The number of aromatic nitrogens is 1. The molecule has 1 atom stereocenters. The summed E-state index contributed by atoms with van der Waals surface area (Å²) in [4.78, 5) is 2.45. The average molecular weight is 408 g/mol. The van der Waals surface area contributed by atoms with E-state index in [2.05, 4.69) is 9.62 Å².